The van der Waals surface area contributed by atoms with Gasteiger partial charge in [0.2, 0.25) is 5.91 Å². The average molecular weight is 237 g/mol. The number of nitrogens with one attached hydrogen (secondary N) is 2. The van der Waals surface area contributed by atoms with E-state index in [2.05, 4.69) is 10.6 Å². The number of hydrogen-bond donors (Lipinski definition) is 2. The Morgan fingerprint density at radius 3 is 2.71 bits per heavy atom. The van der Waals surface area contributed by atoms with E-state index in [1.807, 2.05) is 6.92 Å². The van der Waals surface area contributed by atoms with Crippen molar-refractivity contribution in [3.8, 4) is 0 Å². The summed E-state index contributed by atoms with van der Waals surface area (Å²) in [6.45, 7) is 4.49. The largest absolute Gasteiger partial charge is 0.325 e. The Hall–Kier alpha value is -1.95. The SMILES string of the molecule is CCNCC(=O)Nc1ccc([N+](=O)[O-])c(C)c1. The maximum Gasteiger partial charge on any atom is 0.272 e. The van der Waals surface area contributed by atoms with Crippen LogP contribution >= 0.6 is 0 Å². The van der Waals surface area contributed by atoms with Crippen molar-refractivity contribution < 1.29 is 9.72 Å². The van der Waals surface area contributed by atoms with Gasteiger partial charge in [0.15, 0.2) is 0 Å². The quantitative estimate of drug-likeness (QED) is 0.599. The van der Waals surface area contributed by atoms with Crippen molar-refractivity contribution in [1.82, 2.24) is 5.32 Å². The third-order valence-electron chi connectivity index (χ3n) is 2.21. The lowest BCUT2D eigenvalue weighted by Crippen LogP contribution is -2.27. The molecule has 0 aliphatic rings. The van der Waals surface area contributed by atoms with Crippen LogP contribution in [0.5, 0.6) is 0 Å². The minimum Gasteiger partial charge on any atom is -0.325 e. The van der Waals surface area contributed by atoms with Crippen LogP contribution in [0.15, 0.2) is 18.2 Å². The van der Waals surface area contributed by atoms with Crippen molar-refractivity contribution in [2.75, 3.05) is 18.4 Å². The van der Waals surface area contributed by atoms with E-state index in [1.165, 1.54) is 12.1 Å². The predicted octanol–water partition coefficient (Wildman–Crippen LogP) is 1.45. The van der Waals surface area contributed by atoms with E-state index in [0.717, 1.165) is 0 Å². The lowest BCUT2D eigenvalue weighted by atomic mass is 10.2. The summed E-state index contributed by atoms with van der Waals surface area (Å²) in [5.41, 5.74) is 1.14. The molecule has 17 heavy (non-hydrogen) atoms. The number of carbonyl (C=O) groups is 1. The van der Waals surface area contributed by atoms with Crippen LogP contribution in [0.25, 0.3) is 0 Å². The minimum atomic E-state index is -0.445. The predicted molar refractivity (Wildman–Crippen MR) is 65.0 cm³/mol. The fourth-order valence-electron chi connectivity index (χ4n) is 1.38. The normalized spacial score (nSPS) is 10.0. The van der Waals surface area contributed by atoms with Crippen LogP contribution in [-0.2, 0) is 4.79 Å². The first-order valence-electron chi connectivity index (χ1n) is 5.30. The highest BCUT2D eigenvalue weighted by molar-refractivity contribution is 5.92. The van der Waals surface area contributed by atoms with Gasteiger partial charge >= 0.3 is 0 Å². The molecule has 2 N–H and O–H groups in total. The van der Waals surface area contributed by atoms with Crippen molar-refractivity contribution in [1.29, 1.82) is 0 Å². The smallest absolute Gasteiger partial charge is 0.272 e. The second kappa shape index (κ2) is 5.95. The molecule has 92 valence electrons. The van der Waals surface area contributed by atoms with E-state index in [1.54, 1.807) is 13.0 Å². The van der Waals surface area contributed by atoms with Crippen LogP contribution in [0.1, 0.15) is 12.5 Å². The number of likely N-dealkylation sites (N-methyl/N-ethyl adjacent to an activating group) is 1. The molecule has 0 aliphatic heterocycles. The number of nitro groups is 1. The second-order valence-corrected chi connectivity index (χ2v) is 3.59. The Morgan fingerprint density at radius 1 is 1.47 bits per heavy atom. The summed E-state index contributed by atoms with van der Waals surface area (Å²) in [6.07, 6.45) is 0. The van der Waals surface area contributed by atoms with Gasteiger partial charge in [0, 0.05) is 17.3 Å². The van der Waals surface area contributed by atoms with E-state index in [4.69, 9.17) is 0 Å². The van der Waals surface area contributed by atoms with Crippen LogP contribution in [0.3, 0.4) is 0 Å². The topological polar surface area (TPSA) is 84.3 Å². The summed E-state index contributed by atoms with van der Waals surface area (Å²) in [5, 5.41) is 16.2. The van der Waals surface area contributed by atoms with Gasteiger partial charge in [0.1, 0.15) is 0 Å². The maximum atomic E-state index is 11.4. The first kappa shape index (κ1) is 13.1. The number of nitro benzene ring substituents is 1. The second-order valence-electron chi connectivity index (χ2n) is 3.59. The number of benzene rings is 1. The van der Waals surface area contributed by atoms with Crippen LogP contribution in [0, 0.1) is 17.0 Å². The standard InChI is InChI=1S/C11H15N3O3/c1-3-12-7-11(15)13-9-4-5-10(14(16)17)8(2)6-9/h4-6,12H,3,7H2,1-2H3,(H,13,15). The molecule has 0 saturated carbocycles. The first-order valence-corrected chi connectivity index (χ1v) is 5.30. The van der Waals surface area contributed by atoms with Crippen molar-refractivity contribution in [3.05, 3.63) is 33.9 Å². The molecule has 1 amide bonds. The first-order chi connectivity index (χ1) is 8.04. The Kier molecular flexibility index (Phi) is 4.59. The Bertz CT molecular complexity index is 432. The number of aryl methyl sites for hydroxylation is 1. The van der Waals surface area contributed by atoms with E-state index in [0.29, 0.717) is 17.8 Å². The summed E-state index contributed by atoms with van der Waals surface area (Å²) in [5.74, 6) is -0.167. The molecule has 1 aromatic carbocycles. The maximum absolute atomic E-state index is 11.4. The zero-order valence-electron chi connectivity index (χ0n) is 9.82. The van der Waals surface area contributed by atoms with Crippen molar-refractivity contribution in [2.45, 2.75) is 13.8 Å². The lowest BCUT2D eigenvalue weighted by Gasteiger charge is -2.06. The Labute approximate surface area is 99.2 Å². The van der Waals surface area contributed by atoms with E-state index in [9.17, 15) is 14.9 Å². The molecule has 0 unspecified atom stereocenters. The molecule has 6 nitrogen and oxygen atoms in total. The molecule has 0 heterocycles. The van der Waals surface area contributed by atoms with Crippen LogP contribution in [-0.4, -0.2) is 23.9 Å². The molecule has 0 bridgehead atoms. The molecule has 0 atom stereocenters. The number of rotatable bonds is 5. The minimum absolute atomic E-state index is 0.0506. The zero-order valence-corrected chi connectivity index (χ0v) is 9.82. The van der Waals surface area contributed by atoms with Crippen molar-refractivity contribution >= 4 is 17.3 Å². The van der Waals surface area contributed by atoms with Gasteiger partial charge in [0.25, 0.3) is 5.69 Å². The highest BCUT2D eigenvalue weighted by Crippen LogP contribution is 2.21. The lowest BCUT2D eigenvalue weighted by molar-refractivity contribution is -0.385. The summed E-state index contributed by atoms with van der Waals surface area (Å²) in [7, 11) is 0. The summed E-state index contributed by atoms with van der Waals surface area (Å²) >= 11 is 0. The summed E-state index contributed by atoms with van der Waals surface area (Å²) in [4.78, 5) is 21.6. The Morgan fingerprint density at radius 2 is 2.18 bits per heavy atom. The molecular weight excluding hydrogens is 222 g/mol. The third-order valence-corrected chi connectivity index (χ3v) is 2.21. The van der Waals surface area contributed by atoms with Gasteiger partial charge in [-0.15, -0.1) is 0 Å². The molecule has 0 fully saturated rings. The fraction of sp³-hybridized carbons (Fsp3) is 0.364. The highest BCUT2D eigenvalue weighted by atomic mass is 16.6. The molecular formula is C11H15N3O3. The van der Waals surface area contributed by atoms with Gasteiger partial charge in [-0.05, 0) is 25.6 Å². The molecule has 0 aliphatic carbocycles. The van der Waals surface area contributed by atoms with Gasteiger partial charge < -0.3 is 10.6 Å². The third kappa shape index (κ3) is 3.84. The molecule has 0 radical (unpaired) electrons. The van der Waals surface area contributed by atoms with Crippen molar-refractivity contribution in [3.63, 3.8) is 0 Å². The van der Waals surface area contributed by atoms with E-state index < -0.39 is 4.92 Å². The summed E-state index contributed by atoms with van der Waals surface area (Å²) < 4.78 is 0. The fourth-order valence-corrected chi connectivity index (χ4v) is 1.38. The van der Waals surface area contributed by atoms with Gasteiger partial charge in [-0.25, -0.2) is 0 Å². The Balaban J connectivity index is 2.70. The van der Waals surface area contributed by atoms with Gasteiger partial charge in [0.05, 0.1) is 11.5 Å². The monoisotopic (exact) mass is 237 g/mol. The zero-order chi connectivity index (χ0) is 12.8. The average Bonchev–Trinajstić information content (AvgIpc) is 2.26. The van der Waals surface area contributed by atoms with Gasteiger partial charge in [-0.2, -0.15) is 0 Å². The van der Waals surface area contributed by atoms with Gasteiger partial charge in [-0.3, -0.25) is 14.9 Å². The van der Waals surface area contributed by atoms with E-state index >= 15 is 0 Å². The van der Waals surface area contributed by atoms with E-state index in [-0.39, 0.29) is 18.1 Å². The van der Waals surface area contributed by atoms with Crippen LogP contribution < -0.4 is 10.6 Å². The number of amides is 1. The van der Waals surface area contributed by atoms with Crippen LogP contribution in [0.4, 0.5) is 11.4 Å². The number of nitrogens with zero attached hydrogens (tertiary/aromatic N) is 1. The molecule has 6 heteroatoms. The number of anilines is 1. The van der Waals surface area contributed by atoms with Crippen LogP contribution in [0.2, 0.25) is 0 Å². The number of carbonyl (C=O) groups excluding carboxylic acids is 1. The van der Waals surface area contributed by atoms with Crippen molar-refractivity contribution in [2.24, 2.45) is 0 Å². The highest BCUT2D eigenvalue weighted by Gasteiger charge is 2.10. The molecule has 1 aromatic rings. The van der Waals surface area contributed by atoms with Gasteiger partial charge in [-0.1, -0.05) is 6.92 Å². The molecule has 0 saturated heterocycles. The molecule has 0 spiro atoms. The number of hydrogen-bond acceptors (Lipinski definition) is 4. The molecule has 1 rings (SSSR count). The molecule has 0 aromatic heterocycles. The summed E-state index contributed by atoms with van der Waals surface area (Å²) in [6, 6.07) is 4.50.